The molecule has 0 saturated heterocycles. The van der Waals surface area contributed by atoms with E-state index in [-0.39, 0.29) is 12.4 Å². The Bertz CT molecular complexity index is 409. The maximum Gasteiger partial charge on any atom is 0.125 e. The molecule has 4 N–H and O–H groups in total. The quantitative estimate of drug-likeness (QED) is 0.393. The number of amidine groups is 1. The fourth-order valence-electron chi connectivity index (χ4n) is 1.81. The second-order valence-electron chi connectivity index (χ2n) is 4.28. The fraction of sp³-hybridized carbons (Fsp3) is 0.462. The molecule has 18 heavy (non-hydrogen) atoms. The predicted octanol–water partition coefficient (Wildman–Crippen LogP) is 1.71. The van der Waals surface area contributed by atoms with Crippen LogP contribution in [0.5, 0.6) is 0 Å². The number of rotatable bonds is 7. The number of anilines is 1. The van der Waals surface area contributed by atoms with E-state index < -0.39 is 5.82 Å². The van der Waals surface area contributed by atoms with E-state index >= 15 is 0 Å². The normalized spacial score (nSPS) is 10.4. The van der Waals surface area contributed by atoms with Gasteiger partial charge in [0.2, 0.25) is 0 Å². The van der Waals surface area contributed by atoms with E-state index in [9.17, 15) is 4.39 Å². The molecule has 1 aromatic rings. The molecule has 4 nitrogen and oxygen atoms in total. The van der Waals surface area contributed by atoms with Crippen LogP contribution in [0.3, 0.4) is 0 Å². The molecule has 0 radical (unpaired) electrons. The van der Waals surface area contributed by atoms with E-state index in [0.29, 0.717) is 5.56 Å². The van der Waals surface area contributed by atoms with Crippen molar-refractivity contribution in [2.75, 3.05) is 25.1 Å². The number of nitrogens with one attached hydrogen (secondary N) is 1. The maximum atomic E-state index is 13.1. The second kappa shape index (κ2) is 6.96. The zero-order valence-corrected chi connectivity index (χ0v) is 10.6. The summed E-state index contributed by atoms with van der Waals surface area (Å²) >= 11 is 0. The van der Waals surface area contributed by atoms with Crippen molar-refractivity contribution in [1.82, 2.24) is 0 Å². The van der Waals surface area contributed by atoms with Crippen LogP contribution in [-0.2, 0) is 0 Å². The summed E-state index contributed by atoms with van der Waals surface area (Å²) in [7, 11) is 1.89. The van der Waals surface area contributed by atoms with Crippen molar-refractivity contribution >= 4 is 11.5 Å². The molecule has 1 rings (SSSR count). The van der Waals surface area contributed by atoms with Gasteiger partial charge in [-0.15, -0.1) is 0 Å². The minimum atomic E-state index is -0.391. The molecule has 0 unspecified atom stereocenters. The molecule has 0 saturated carbocycles. The Morgan fingerprint density at radius 2 is 2.11 bits per heavy atom. The lowest BCUT2D eigenvalue weighted by Crippen LogP contribution is -2.23. The number of hydrogen-bond donors (Lipinski definition) is 3. The number of aliphatic hydroxyl groups excluding tert-OH is 1. The molecule has 0 bridgehead atoms. The average molecular weight is 253 g/mol. The number of nitrogen functional groups attached to an aromatic ring is 1. The molecule has 5 heteroatoms. The van der Waals surface area contributed by atoms with Crippen molar-refractivity contribution in [3.05, 3.63) is 29.6 Å². The highest BCUT2D eigenvalue weighted by molar-refractivity contribution is 6.00. The van der Waals surface area contributed by atoms with Crippen LogP contribution in [0.1, 0.15) is 24.8 Å². The van der Waals surface area contributed by atoms with Crippen molar-refractivity contribution in [3.63, 3.8) is 0 Å². The van der Waals surface area contributed by atoms with Crippen LogP contribution in [-0.4, -0.2) is 31.1 Å². The first-order chi connectivity index (χ1) is 8.56. The molecule has 0 fully saturated rings. The van der Waals surface area contributed by atoms with Gasteiger partial charge in [0, 0.05) is 31.5 Å². The summed E-state index contributed by atoms with van der Waals surface area (Å²) in [5.41, 5.74) is 6.63. The van der Waals surface area contributed by atoms with Gasteiger partial charge >= 0.3 is 0 Å². The summed E-state index contributed by atoms with van der Waals surface area (Å²) < 4.78 is 13.1. The zero-order chi connectivity index (χ0) is 13.5. The van der Waals surface area contributed by atoms with Gasteiger partial charge in [0.15, 0.2) is 0 Å². The van der Waals surface area contributed by atoms with Crippen LogP contribution in [0, 0.1) is 11.2 Å². The van der Waals surface area contributed by atoms with Crippen LogP contribution in [0.25, 0.3) is 0 Å². The highest BCUT2D eigenvalue weighted by Gasteiger charge is 2.10. The topological polar surface area (TPSA) is 73.3 Å². The first-order valence-corrected chi connectivity index (χ1v) is 6.02. The SMILES string of the molecule is CN(CCCCCO)c1ccc(F)cc1C(=N)N. The van der Waals surface area contributed by atoms with Gasteiger partial charge in [0.05, 0.1) is 0 Å². The highest BCUT2D eigenvalue weighted by Crippen LogP contribution is 2.20. The molecule has 0 aliphatic rings. The summed E-state index contributed by atoms with van der Waals surface area (Å²) in [5.74, 6) is -0.524. The average Bonchev–Trinajstić information content (AvgIpc) is 2.34. The van der Waals surface area contributed by atoms with Crippen LogP contribution in [0.2, 0.25) is 0 Å². The monoisotopic (exact) mass is 253 g/mol. The molecule has 100 valence electrons. The molecule has 0 aromatic heterocycles. The number of hydrogen-bond acceptors (Lipinski definition) is 3. The second-order valence-corrected chi connectivity index (χ2v) is 4.28. The summed E-state index contributed by atoms with van der Waals surface area (Å²) in [4.78, 5) is 1.95. The van der Waals surface area contributed by atoms with E-state index in [1.54, 1.807) is 6.07 Å². The number of nitrogens with zero attached hydrogens (tertiary/aromatic N) is 1. The fourth-order valence-corrected chi connectivity index (χ4v) is 1.81. The Balaban J connectivity index is 2.72. The lowest BCUT2D eigenvalue weighted by atomic mass is 10.1. The number of benzene rings is 1. The lowest BCUT2D eigenvalue weighted by Gasteiger charge is -2.22. The van der Waals surface area contributed by atoms with E-state index in [0.717, 1.165) is 31.5 Å². The molecule has 0 aliphatic heterocycles. The number of nitrogens with two attached hydrogens (primary N) is 1. The van der Waals surface area contributed by atoms with Crippen molar-refractivity contribution in [3.8, 4) is 0 Å². The van der Waals surface area contributed by atoms with Gasteiger partial charge in [-0.3, -0.25) is 5.41 Å². The summed E-state index contributed by atoms with van der Waals surface area (Å²) in [5, 5.41) is 16.2. The molecule has 0 spiro atoms. The Labute approximate surface area is 107 Å². The molecule has 0 amide bonds. The molecule has 1 aromatic carbocycles. The Morgan fingerprint density at radius 1 is 1.39 bits per heavy atom. The number of unbranched alkanes of at least 4 members (excludes halogenated alkanes) is 2. The highest BCUT2D eigenvalue weighted by atomic mass is 19.1. The molecule has 0 atom stereocenters. The minimum absolute atomic E-state index is 0.133. The van der Waals surface area contributed by atoms with Crippen LogP contribution in [0.4, 0.5) is 10.1 Å². The van der Waals surface area contributed by atoms with E-state index in [1.165, 1.54) is 12.1 Å². The third-order valence-corrected chi connectivity index (χ3v) is 2.81. The first kappa shape index (κ1) is 14.4. The van der Waals surface area contributed by atoms with Crippen molar-refractivity contribution in [2.45, 2.75) is 19.3 Å². The molecule has 0 aliphatic carbocycles. The van der Waals surface area contributed by atoms with Gasteiger partial charge in [-0.05, 0) is 37.5 Å². The van der Waals surface area contributed by atoms with Gasteiger partial charge in [0.25, 0.3) is 0 Å². The van der Waals surface area contributed by atoms with Gasteiger partial charge in [-0.2, -0.15) is 0 Å². The minimum Gasteiger partial charge on any atom is -0.396 e. The summed E-state index contributed by atoms with van der Waals surface area (Å²) in [6.07, 6.45) is 2.67. The standard InChI is InChI=1S/C13H20FN3O/c1-17(7-3-2-4-8-18)12-6-5-10(14)9-11(12)13(15)16/h5-6,9,18H,2-4,7-8H2,1H3,(H3,15,16). The van der Waals surface area contributed by atoms with Crippen LogP contribution >= 0.6 is 0 Å². The van der Waals surface area contributed by atoms with E-state index in [2.05, 4.69) is 0 Å². The predicted molar refractivity (Wildman–Crippen MR) is 71.6 cm³/mol. The first-order valence-electron chi connectivity index (χ1n) is 6.02. The Morgan fingerprint density at radius 3 is 2.72 bits per heavy atom. The van der Waals surface area contributed by atoms with Crippen LogP contribution in [0.15, 0.2) is 18.2 Å². The Kier molecular flexibility index (Phi) is 5.58. The maximum absolute atomic E-state index is 13.1. The smallest absolute Gasteiger partial charge is 0.125 e. The number of aliphatic hydroxyl groups is 1. The van der Waals surface area contributed by atoms with Gasteiger partial charge in [-0.25, -0.2) is 4.39 Å². The third-order valence-electron chi connectivity index (χ3n) is 2.81. The van der Waals surface area contributed by atoms with Gasteiger partial charge < -0.3 is 15.7 Å². The molecular weight excluding hydrogens is 233 g/mol. The van der Waals surface area contributed by atoms with Gasteiger partial charge in [0.1, 0.15) is 11.7 Å². The van der Waals surface area contributed by atoms with Gasteiger partial charge in [-0.1, -0.05) is 0 Å². The van der Waals surface area contributed by atoms with E-state index in [1.807, 2.05) is 11.9 Å². The van der Waals surface area contributed by atoms with Crippen LogP contribution < -0.4 is 10.6 Å². The number of halogens is 1. The van der Waals surface area contributed by atoms with Crippen molar-refractivity contribution in [1.29, 1.82) is 5.41 Å². The largest absolute Gasteiger partial charge is 0.396 e. The Hall–Kier alpha value is -1.62. The molecular formula is C13H20FN3O. The zero-order valence-electron chi connectivity index (χ0n) is 10.6. The third kappa shape index (κ3) is 4.00. The summed E-state index contributed by atoms with van der Waals surface area (Å²) in [6, 6.07) is 4.28. The molecule has 0 heterocycles. The van der Waals surface area contributed by atoms with E-state index in [4.69, 9.17) is 16.2 Å². The van der Waals surface area contributed by atoms with Crippen molar-refractivity contribution in [2.24, 2.45) is 5.73 Å². The summed E-state index contributed by atoms with van der Waals surface area (Å²) in [6.45, 7) is 0.991. The lowest BCUT2D eigenvalue weighted by molar-refractivity contribution is 0.283. The van der Waals surface area contributed by atoms with Crippen molar-refractivity contribution < 1.29 is 9.50 Å².